The zero-order chi connectivity index (χ0) is 27.2. The predicted octanol–water partition coefficient (Wildman–Crippen LogP) is 5.76. The van der Waals surface area contributed by atoms with Crippen molar-refractivity contribution in [1.82, 2.24) is 4.90 Å². The van der Waals surface area contributed by atoms with Crippen molar-refractivity contribution >= 4 is 0 Å². The topological polar surface area (TPSA) is 73.2 Å². The highest BCUT2D eigenvalue weighted by Crippen LogP contribution is 2.46. The lowest BCUT2D eigenvalue weighted by molar-refractivity contribution is 0.191. The average Bonchev–Trinajstić information content (AvgIpc) is 2.93. The van der Waals surface area contributed by atoms with Crippen LogP contribution in [0, 0.1) is 17.2 Å². The van der Waals surface area contributed by atoms with Gasteiger partial charge in [0.25, 0.3) is 0 Å². The first-order valence-electron chi connectivity index (χ1n) is 13.0. The van der Waals surface area contributed by atoms with E-state index in [9.17, 15) is 5.26 Å². The molecule has 0 fully saturated rings. The number of hydrogen-bond donors (Lipinski definition) is 0. The van der Waals surface area contributed by atoms with E-state index in [1.165, 1.54) is 11.1 Å². The molecule has 3 rings (SSSR count). The number of nitriles is 1. The van der Waals surface area contributed by atoms with E-state index in [1.54, 1.807) is 35.5 Å². The van der Waals surface area contributed by atoms with Gasteiger partial charge in [-0.1, -0.05) is 26.3 Å². The number of ether oxygens (including phenoxy) is 5. The van der Waals surface area contributed by atoms with Gasteiger partial charge in [-0.05, 0) is 68.0 Å². The van der Waals surface area contributed by atoms with Crippen LogP contribution in [0.1, 0.15) is 56.2 Å². The van der Waals surface area contributed by atoms with E-state index in [-0.39, 0.29) is 5.92 Å². The maximum absolute atomic E-state index is 10.5. The zero-order valence-corrected chi connectivity index (χ0v) is 23.6. The van der Waals surface area contributed by atoms with Crippen LogP contribution >= 0.6 is 0 Å². The molecule has 0 bridgehead atoms. The SMILES string of the molecule is CCC(C)C(C#N)(CCCC1Cc2c(cc(OC)c(OC)c2OC)CN1C)c1ccc(OC)c(OC)c1. The molecule has 2 aromatic carbocycles. The molecule has 0 radical (unpaired) electrons. The van der Waals surface area contributed by atoms with Crippen LogP contribution in [0.4, 0.5) is 0 Å². The van der Waals surface area contributed by atoms with Crippen molar-refractivity contribution in [2.75, 3.05) is 42.6 Å². The van der Waals surface area contributed by atoms with Gasteiger partial charge in [0, 0.05) is 18.2 Å². The van der Waals surface area contributed by atoms with E-state index in [4.69, 9.17) is 23.7 Å². The molecule has 0 saturated carbocycles. The summed E-state index contributed by atoms with van der Waals surface area (Å²) in [5.41, 5.74) is 2.76. The predicted molar refractivity (Wildman–Crippen MR) is 145 cm³/mol. The molecular weight excluding hydrogens is 468 g/mol. The lowest BCUT2D eigenvalue weighted by Crippen LogP contribution is -2.38. The largest absolute Gasteiger partial charge is 0.493 e. The van der Waals surface area contributed by atoms with Crippen LogP contribution in [0.25, 0.3) is 0 Å². The van der Waals surface area contributed by atoms with Gasteiger partial charge in [0.2, 0.25) is 5.75 Å². The van der Waals surface area contributed by atoms with Crippen molar-refractivity contribution in [3.05, 3.63) is 41.0 Å². The standard InChI is InChI=1S/C30H42N2O5/c1-9-20(2)30(19-31,22-12-13-25(33-4)26(16-22)34-5)14-10-11-23-17-24-21(18-32(23)3)15-27(35-6)29(37-8)28(24)36-7/h12-13,15-16,20,23H,9-11,14,17-18H2,1-8H3. The number of benzene rings is 2. The van der Waals surface area contributed by atoms with Gasteiger partial charge in [0.15, 0.2) is 23.0 Å². The van der Waals surface area contributed by atoms with Crippen LogP contribution in [-0.2, 0) is 18.4 Å². The van der Waals surface area contributed by atoms with Crippen LogP contribution in [0.15, 0.2) is 24.3 Å². The lowest BCUT2D eigenvalue weighted by Gasteiger charge is -2.37. The third-order valence-electron chi connectivity index (χ3n) is 8.17. The lowest BCUT2D eigenvalue weighted by atomic mass is 9.67. The van der Waals surface area contributed by atoms with Crippen LogP contribution in [-0.4, -0.2) is 53.5 Å². The van der Waals surface area contributed by atoms with Gasteiger partial charge in [-0.15, -0.1) is 0 Å². The van der Waals surface area contributed by atoms with Crippen LogP contribution in [0.5, 0.6) is 28.7 Å². The molecule has 0 amide bonds. The highest BCUT2D eigenvalue weighted by molar-refractivity contribution is 5.60. The third-order valence-corrected chi connectivity index (χ3v) is 8.17. The molecule has 0 spiro atoms. The maximum Gasteiger partial charge on any atom is 0.203 e. The summed E-state index contributed by atoms with van der Waals surface area (Å²) in [5.74, 6) is 3.60. The summed E-state index contributed by atoms with van der Waals surface area (Å²) < 4.78 is 28.0. The van der Waals surface area contributed by atoms with Crippen LogP contribution < -0.4 is 23.7 Å². The normalized spacial score (nSPS) is 17.6. The number of rotatable bonds is 12. The zero-order valence-electron chi connectivity index (χ0n) is 23.6. The molecule has 37 heavy (non-hydrogen) atoms. The molecule has 0 aromatic heterocycles. The highest BCUT2D eigenvalue weighted by atomic mass is 16.5. The molecule has 7 heteroatoms. The molecule has 0 saturated heterocycles. The maximum atomic E-state index is 10.5. The Kier molecular flexibility index (Phi) is 9.56. The number of fused-ring (bicyclic) bond motifs is 1. The van der Waals surface area contributed by atoms with Crippen molar-refractivity contribution < 1.29 is 23.7 Å². The number of hydrogen-bond acceptors (Lipinski definition) is 7. The molecule has 2 aromatic rings. The molecule has 202 valence electrons. The van der Waals surface area contributed by atoms with Gasteiger partial charge in [0.1, 0.15) is 0 Å². The first kappa shape index (κ1) is 28.5. The Morgan fingerprint density at radius 3 is 2.22 bits per heavy atom. The highest BCUT2D eigenvalue weighted by Gasteiger charge is 2.38. The second-order valence-corrected chi connectivity index (χ2v) is 9.91. The molecule has 7 nitrogen and oxygen atoms in total. The van der Waals surface area contributed by atoms with Gasteiger partial charge >= 0.3 is 0 Å². The van der Waals surface area contributed by atoms with E-state index in [1.807, 2.05) is 18.2 Å². The Labute approximate surface area is 222 Å². The average molecular weight is 511 g/mol. The Bertz CT molecular complexity index is 1110. The molecule has 0 N–H and O–H groups in total. The van der Waals surface area contributed by atoms with Gasteiger partial charge < -0.3 is 23.7 Å². The minimum absolute atomic E-state index is 0.192. The summed E-state index contributed by atoms with van der Waals surface area (Å²) >= 11 is 0. The van der Waals surface area contributed by atoms with Crippen molar-refractivity contribution in [2.45, 2.75) is 64.0 Å². The van der Waals surface area contributed by atoms with Crippen LogP contribution in [0.2, 0.25) is 0 Å². The number of nitrogens with zero attached hydrogens (tertiary/aromatic N) is 2. The Morgan fingerprint density at radius 2 is 1.65 bits per heavy atom. The van der Waals surface area contributed by atoms with Gasteiger partial charge in [-0.25, -0.2) is 0 Å². The summed E-state index contributed by atoms with van der Waals surface area (Å²) in [6, 6.07) is 11.0. The van der Waals surface area contributed by atoms with E-state index < -0.39 is 5.41 Å². The first-order chi connectivity index (χ1) is 17.8. The van der Waals surface area contributed by atoms with Gasteiger partial charge in [-0.3, -0.25) is 4.90 Å². The van der Waals surface area contributed by atoms with E-state index >= 15 is 0 Å². The third kappa shape index (κ3) is 5.45. The fraction of sp³-hybridized carbons (Fsp3) is 0.567. The molecule has 1 heterocycles. The summed E-state index contributed by atoms with van der Waals surface area (Å²) in [5, 5.41) is 10.5. The Balaban J connectivity index is 1.85. The first-order valence-corrected chi connectivity index (χ1v) is 13.0. The summed E-state index contributed by atoms with van der Waals surface area (Å²) in [6.07, 6.45) is 4.44. The minimum atomic E-state index is -0.603. The second-order valence-electron chi connectivity index (χ2n) is 9.91. The summed E-state index contributed by atoms with van der Waals surface area (Å²) in [4.78, 5) is 2.39. The van der Waals surface area contributed by atoms with Crippen molar-refractivity contribution in [1.29, 1.82) is 5.26 Å². The fourth-order valence-corrected chi connectivity index (χ4v) is 5.73. The van der Waals surface area contributed by atoms with Gasteiger partial charge in [-0.2, -0.15) is 5.26 Å². The second kappa shape index (κ2) is 12.4. The van der Waals surface area contributed by atoms with Crippen LogP contribution in [0.3, 0.4) is 0 Å². The molecule has 1 aliphatic heterocycles. The molecule has 0 aliphatic carbocycles. The Morgan fingerprint density at radius 1 is 0.973 bits per heavy atom. The number of likely N-dealkylation sites (N-methyl/N-ethyl adjacent to an activating group) is 1. The molecule has 3 atom stereocenters. The summed E-state index contributed by atoms with van der Waals surface area (Å²) in [7, 11) is 10.4. The molecule has 3 unspecified atom stereocenters. The van der Waals surface area contributed by atoms with E-state index in [2.05, 4.69) is 37.9 Å². The van der Waals surface area contributed by atoms with Crippen molar-refractivity contribution in [3.63, 3.8) is 0 Å². The smallest absolute Gasteiger partial charge is 0.203 e. The fourth-order valence-electron chi connectivity index (χ4n) is 5.73. The Hall–Kier alpha value is -3.11. The van der Waals surface area contributed by atoms with E-state index in [0.717, 1.165) is 50.0 Å². The van der Waals surface area contributed by atoms with Crippen molar-refractivity contribution in [3.8, 4) is 34.8 Å². The van der Waals surface area contributed by atoms with Gasteiger partial charge in [0.05, 0.1) is 47.0 Å². The van der Waals surface area contributed by atoms with Crippen molar-refractivity contribution in [2.24, 2.45) is 5.92 Å². The summed E-state index contributed by atoms with van der Waals surface area (Å²) in [6.45, 7) is 5.13. The molecular formula is C30H42N2O5. The minimum Gasteiger partial charge on any atom is -0.493 e. The quantitative estimate of drug-likeness (QED) is 0.359. The monoisotopic (exact) mass is 510 g/mol. The number of methoxy groups -OCH3 is 5. The van der Waals surface area contributed by atoms with E-state index in [0.29, 0.717) is 29.0 Å². The molecule has 1 aliphatic rings.